The molecule has 1 unspecified atom stereocenters. The summed E-state index contributed by atoms with van der Waals surface area (Å²) in [5.74, 6) is 0.0800. The minimum atomic E-state index is -0.983. The first-order valence-electron chi connectivity index (χ1n) is 11.5. The molecule has 0 saturated heterocycles. The highest BCUT2D eigenvalue weighted by atomic mass is 79.9. The van der Waals surface area contributed by atoms with Crippen LogP contribution in [0.15, 0.2) is 70.3 Å². The van der Waals surface area contributed by atoms with Crippen molar-refractivity contribution in [2.24, 2.45) is 5.73 Å². The zero-order valence-corrected chi connectivity index (χ0v) is 21.8. The quantitative estimate of drug-likeness (QED) is 0.230. The number of halogens is 1. The third kappa shape index (κ3) is 3.87. The topological polar surface area (TPSA) is 106 Å². The van der Waals surface area contributed by atoms with Gasteiger partial charge >= 0.3 is 5.97 Å². The van der Waals surface area contributed by atoms with E-state index in [1.807, 2.05) is 72.2 Å². The summed E-state index contributed by atoms with van der Waals surface area (Å²) in [6.45, 7) is 2.29. The Morgan fingerprint density at radius 1 is 1.25 bits per heavy atom. The van der Waals surface area contributed by atoms with Crippen molar-refractivity contribution in [3.8, 4) is 11.4 Å². The normalized spacial score (nSPS) is 17.3. The zero-order chi connectivity index (χ0) is 25.0. The van der Waals surface area contributed by atoms with E-state index in [0.29, 0.717) is 35.6 Å². The lowest BCUT2D eigenvalue weighted by atomic mass is 9.88. The van der Waals surface area contributed by atoms with Crippen LogP contribution in [0.25, 0.3) is 27.6 Å². The standard InChI is InChI=1S/C27H23BrN4O3S/c1-27(29)12-16-22-20(11-17(28)24(16)35-14-27)32(15-7-3-2-4-8-15)21(23(22)25(33)34)13-36-26-30-18-9-5-6-10-19(18)31-26/h2-11H,12-14,29H2,1H3,(H,30,31)(H,33,34). The maximum absolute atomic E-state index is 12.8. The highest BCUT2D eigenvalue weighted by Crippen LogP contribution is 2.45. The summed E-state index contributed by atoms with van der Waals surface area (Å²) < 4.78 is 8.85. The van der Waals surface area contributed by atoms with E-state index in [2.05, 4.69) is 25.9 Å². The van der Waals surface area contributed by atoms with Gasteiger partial charge in [0, 0.05) is 28.1 Å². The molecule has 0 spiro atoms. The number of rotatable bonds is 5. The van der Waals surface area contributed by atoms with Gasteiger partial charge in [-0.2, -0.15) is 0 Å². The molecule has 1 atom stereocenters. The van der Waals surface area contributed by atoms with Crippen LogP contribution in [0.1, 0.15) is 28.5 Å². The number of fused-ring (bicyclic) bond motifs is 4. The van der Waals surface area contributed by atoms with E-state index in [4.69, 9.17) is 10.5 Å². The Labute approximate surface area is 219 Å². The first kappa shape index (κ1) is 23.1. The van der Waals surface area contributed by atoms with E-state index in [1.54, 1.807) is 0 Å². The van der Waals surface area contributed by atoms with E-state index in [-0.39, 0.29) is 5.56 Å². The number of carboxylic acid groups (broad SMARTS) is 1. The molecule has 2 aromatic heterocycles. The first-order chi connectivity index (χ1) is 17.3. The van der Waals surface area contributed by atoms with Crippen molar-refractivity contribution < 1.29 is 14.6 Å². The number of nitrogens with one attached hydrogen (secondary N) is 1. The second-order valence-corrected chi connectivity index (χ2v) is 11.1. The lowest BCUT2D eigenvalue weighted by Gasteiger charge is -2.32. The van der Waals surface area contributed by atoms with Gasteiger partial charge in [0.15, 0.2) is 5.16 Å². The van der Waals surface area contributed by atoms with Gasteiger partial charge in [0.1, 0.15) is 12.4 Å². The third-order valence-corrected chi connectivity index (χ3v) is 7.90. The van der Waals surface area contributed by atoms with Crippen molar-refractivity contribution in [2.75, 3.05) is 6.61 Å². The molecular weight excluding hydrogens is 540 g/mol. The number of H-pyrrole nitrogens is 1. The Morgan fingerprint density at radius 3 is 2.75 bits per heavy atom. The molecule has 0 saturated carbocycles. The molecule has 4 N–H and O–H groups in total. The summed E-state index contributed by atoms with van der Waals surface area (Å²) in [5, 5.41) is 11.9. The summed E-state index contributed by atoms with van der Waals surface area (Å²) in [6, 6.07) is 19.6. The number of aromatic amines is 1. The number of hydrogen-bond acceptors (Lipinski definition) is 5. The van der Waals surface area contributed by atoms with Crippen LogP contribution >= 0.6 is 27.7 Å². The fraction of sp³-hybridized carbons (Fsp3) is 0.185. The number of aromatic carboxylic acids is 1. The highest BCUT2D eigenvalue weighted by molar-refractivity contribution is 9.10. The smallest absolute Gasteiger partial charge is 0.338 e. The Balaban J connectivity index is 1.59. The lowest BCUT2D eigenvalue weighted by Crippen LogP contribution is -2.47. The molecule has 5 aromatic rings. The van der Waals surface area contributed by atoms with Crippen LogP contribution in [0.3, 0.4) is 0 Å². The van der Waals surface area contributed by atoms with E-state index in [1.165, 1.54) is 11.8 Å². The van der Waals surface area contributed by atoms with Crippen molar-refractivity contribution in [3.05, 3.63) is 82.0 Å². The van der Waals surface area contributed by atoms with Crippen LogP contribution in [0, 0.1) is 0 Å². The summed E-state index contributed by atoms with van der Waals surface area (Å²) in [6.07, 6.45) is 0.507. The number of para-hydroxylation sites is 3. The van der Waals surface area contributed by atoms with Crippen molar-refractivity contribution in [2.45, 2.75) is 29.8 Å². The minimum absolute atomic E-state index is 0.266. The minimum Gasteiger partial charge on any atom is -0.490 e. The number of imidazole rings is 1. The van der Waals surface area contributed by atoms with Crippen molar-refractivity contribution in [3.63, 3.8) is 0 Å². The predicted molar refractivity (Wildman–Crippen MR) is 145 cm³/mol. The monoisotopic (exact) mass is 562 g/mol. The van der Waals surface area contributed by atoms with Crippen LogP contribution < -0.4 is 10.5 Å². The molecule has 0 bridgehead atoms. The molecular formula is C27H23BrN4O3S. The Bertz CT molecular complexity index is 1610. The summed E-state index contributed by atoms with van der Waals surface area (Å²) in [5.41, 5.74) is 11.1. The molecule has 1 aliphatic rings. The number of hydrogen-bond donors (Lipinski definition) is 3. The number of benzene rings is 3. The van der Waals surface area contributed by atoms with Gasteiger partial charge < -0.3 is 25.1 Å². The van der Waals surface area contributed by atoms with Crippen LogP contribution in [0.5, 0.6) is 5.75 Å². The molecule has 36 heavy (non-hydrogen) atoms. The van der Waals surface area contributed by atoms with Gasteiger partial charge in [0.2, 0.25) is 0 Å². The number of aromatic nitrogens is 3. The van der Waals surface area contributed by atoms with Gasteiger partial charge in [-0.15, -0.1) is 0 Å². The Hall–Kier alpha value is -3.27. The number of nitrogens with zero attached hydrogens (tertiary/aromatic N) is 2. The average molecular weight is 563 g/mol. The number of carboxylic acids is 1. The lowest BCUT2D eigenvalue weighted by molar-refractivity contribution is 0.0698. The Kier molecular flexibility index (Phi) is 5.59. The number of thioether (sulfide) groups is 1. The van der Waals surface area contributed by atoms with Crippen LogP contribution in [0.4, 0.5) is 0 Å². The summed E-state index contributed by atoms with van der Waals surface area (Å²) in [4.78, 5) is 20.8. The van der Waals surface area contributed by atoms with Crippen molar-refractivity contribution >= 4 is 55.6 Å². The van der Waals surface area contributed by atoms with Crippen molar-refractivity contribution in [1.82, 2.24) is 14.5 Å². The molecule has 0 radical (unpaired) electrons. The molecule has 6 rings (SSSR count). The molecule has 9 heteroatoms. The van der Waals surface area contributed by atoms with Gasteiger partial charge in [-0.1, -0.05) is 42.1 Å². The molecule has 0 amide bonds. The van der Waals surface area contributed by atoms with Crippen LogP contribution in [0.2, 0.25) is 0 Å². The van der Waals surface area contributed by atoms with Crippen molar-refractivity contribution in [1.29, 1.82) is 0 Å². The van der Waals surface area contributed by atoms with Gasteiger partial charge in [0.05, 0.1) is 32.1 Å². The molecule has 0 fully saturated rings. The Morgan fingerprint density at radius 2 is 2.00 bits per heavy atom. The number of ether oxygens (including phenoxy) is 1. The number of carbonyl (C=O) groups is 1. The largest absolute Gasteiger partial charge is 0.490 e. The van der Waals surface area contributed by atoms with E-state index < -0.39 is 11.5 Å². The number of nitrogens with two attached hydrogens (primary N) is 1. The van der Waals surface area contributed by atoms with Crippen LogP contribution in [-0.2, 0) is 12.2 Å². The zero-order valence-electron chi connectivity index (χ0n) is 19.4. The molecule has 3 heterocycles. The maximum Gasteiger partial charge on any atom is 0.338 e. The summed E-state index contributed by atoms with van der Waals surface area (Å²) in [7, 11) is 0. The second-order valence-electron chi connectivity index (χ2n) is 9.33. The van der Waals surface area contributed by atoms with E-state index in [0.717, 1.165) is 37.4 Å². The third-order valence-electron chi connectivity index (χ3n) is 6.43. The van der Waals surface area contributed by atoms with E-state index in [9.17, 15) is 9.90 Å². The second kappa shape index (κ2) is 8.69. The first-order valence-corrected chi connectivity index (χ1v) is 13.3. The molecule has 3 aromatic carbocycles. The average Bonchev–Trinajstić information content (AvgIpc) is 3.41. The molecule has 0 aliphatic carbocycles. The van der Waals surface area contributed by atoms with Gasteiger partial charge in [-0.05, 0) is 59.6 Å². The molecule has 182 valence electrons. The van der Waals surface area contributed by atoms with Crippen LogP contribution in [-0.4, -0.2) is 37.8 Å². The SMILES string of the molecule is CC1(N)COc2c(Br)cc3c(c2C1)c(C(=O)O)c(CSc1nc2ccccc2[nH]1)n3-c1ccccc1. The fourth-order valence-corrected chi connectivity index (χ4v) is 6.38. The maximum atomic E-state index is 12.8. The highest BCUT2D eigenvalue weighted by Gasteiger charge is 2.34. The molecule has 1 aliphatic heterocycles. The van der Waals surface area contributed by atoms with E-state index >= 15 is 0 Å². The van der Waals surface area contributed by atoms with Gasteiger partial charge in [0.25, 0.3) is 0 Å². The van der Waals surface area contributed by atoms with Gasteiger partial charge in [-0.25, -0.2) is 9.78 Å². The predicted octanol–water partition coefficient (Wildman–Crippen LogP) is 5.91. The fourth-order valence-electron chi connectivity index (χ4n) is 4.92. The molecule has 7 nitrogen and oxygen atoms in total. The van der Waals surface area contributed by atoms with Gasteiger partial charge in [-0.3, -0.25) is 0 Å². The summed E-state index contributed by atoms with van der Waals surface area (Å²) >= 11 is 5.14.